The van der Waals surface area contributed by atoms with Crippen molar-refractivity contribution in [2.75, 3.05) is 5.32 Å². The summed E-state index contributed by atoms with van der Waals surface area (Å²) >= 11 is 0. The van der Waals surface area contributed by atoms with Crippen LogP contribution in [0.5, 0.6) is 0 Å². The highest BCUT2D eigenvalue weighted by molar-refractivity contribution is 5.82. The Bertz CT molecular complexity index is 456. The van der Waals surface area contributed by atoms with E-state index in [1.807, 2.05) is 6.20 Å². The molecule has 0 aliphatic carbocycles. The average Bonchev–Trinajstić information content (AvgIpc) is 2.63. The third-order valence-corrected chi connectivity index (χ3v) is 2.79. The minimum atomic E-state index is 0.524. The molecule has 86 valence electrons. The summed E-state index contributed by atoms with van der Waals surface area (Å²) in [6, 6.07) is 9.09. The van der Waals surface area contributed by atoms with Gasteiger partial charge in [-0.25, -0.2) is 0 Å². The van der Waals surface area contributed by atoms with Gasteiger partial charge < -0.3 is 10.3 Å². The van der Waals surface area contributed by atoms with Gasteiger partial charge in [0.15, 0.2) is 0 Å². The maximum Gasteiger partial charge on any atom is 0.0455 e. The fourth-order valence-electron chi connectivity index (χ4n) is 2.19. The van der Waals surface area contributed by atoms with Crippen LogP contribution in [0.1, 0.15) is 27.2 Å². The molecule has 2 aromatic rings. The van der Waals surface area contributed by atoms with Crippen LogP contribution in [0, 0.1) is 5.92 Å². The Balaban J connectivity index is 2.08. The first kappa shape index (κ1) is 11.1. The highest BCUT2D eigenvalue weighted by Gasteiger charge is 2.05. The molecule has 0 spiro atoms. The number of aromatic amines is 1. The van der Waals surface area contributed by atoms with Crippen LogP contribution in [0.2, 0.25) is 0 Å². The van der Waals surface area contributed by atoms with E-state index in [1.54, 1.807) is 0 Å². The van der Waals surface area contributed by atoms with Crippen molar-refractivity contribution in [1.29, 1.82) is 0 Å². The van der Waals surface area contributed by atoms with Gasteiger partial charge in [-0.3, -0.25) is 0 Å². The standard InChI is InChI=1S/C14H20N2/c1-10(2)8-11(3)16-13-4-5-14-12(9-13)6-7-15-14/h4-7,9-11,15-16H,8H2,1-3H3. The van der Waals surface area contributed by atoms with Crippen LogP contribution in [-0.4, -0.2) is 11.0 Å². The third kappa shape index (κ3) is 2.57. The molecule has 0 fully saturated rings. The predicted molar refractivity (Wildman–Crippen MR) is 70.8 cm³/mol. The molecule has 1 aromatic heterocycles. The number of anilines is 1. The van der Waals surface area contributed by atoms with E-state index < -0.39 is 0 Å². The fraction of sp³-hybridized carbons (Fsp3) is 0.429. The van der Waals surface area contributed by atoms with Crippen molar-refractivity contribution in [3.63, 3.8) is 0 Å². The van der Waals surface area contributed by atoms with Gasteiger partial charge in [-0.05, 0) is 43.5 Å². The van der Waals surface area contributed by atoms with Crippen molar-refractivity contribution in [1.82, 2.24) is 4.98 Å². The summed E-state index contributed by atoms with van der Waals surface area (Å²) in [5.74, 6) is 0.735. The monoisotopic (exact) mass is 216 g/mol. The number of hydrogen-bond acceptors (Lipinski definition) is 1. The largest absolute Gasteiger partial charge is 0.383 e. The lowest BCUT2D eigenvalue weighted by Gasteiger charge is -2.17. The Hall–Kier alpha value is -1.44. The average molecular weight is 216 g/mol. The quantitative estimate of drug-likeness (QED) is 0.794. The van der Waals surface area contributed by atoms with Gasteiger partial charge in [-0.1, -0.05) is 13.8 Å². The van der Waals surface area contributed by atoms with Gasteiger partial charge in [-0.15, -0.1) is 0 Å². The minimum absolute atomic E-state index is 0.524. The maximum absolute atomic E-state index is 3.54. The van der Waals surface area contributed by atoms with Crippen molar-refractivity contribution in [2.45, 2.75) is 33.2 Å². The summed E-state index contributed by atoms with van der Waals surface area (Å²) in [5, 5.41) is 4.81. The normalized spacial score (nSPS) is 13.2. The molecule has 1 aromatic carbocycles. The van der Waals surface area contributed by atoms with Gasteiger partial charge in [0, 0.05) is 28.8 Å². The number of aromatic nitrogens is 1. The molecule has 0 aliphatic heterocycles. The molecule has 2 rings (SSSR count). The Morgan fingerprint density at radius 2 is 2.00 bits per heavy atom. The van der Waals surface area contributed by atoms with E-state index >= 15 is 0 Å². The number of benzene rings is 1. The van der Waals surface area contributed by atoms with E-state index in [0.717, 1.165) is 5.92 Å². The van der Waals surface area contributed by atoms with Crippen LogP contribution in [0.25, 0.3) is 10.9 Å². The first-order valence-electron chi connectivity index (χ1n) is 5.99. The summed E-state index contributed by atoms with van der Waals surface area (Å²) in [7, 11) is 0. The lowest BCUT2D eigenvalue weighted by atomic mass is 10.0. The molecule has 0 bridgehead atoms. The van der Waals surface area contributed by atoms with Gasteiger partial charge in [0.2, 0.25) is 0 Å². The van der Waals surface area contributed by atoms with Crippen molar-refractivity contribution < 1.29 is 0 Å². The molecule has 1 unspecified atom stereocenters. The molecular weight excluding hydrogens is 196 g/mol. The van der Waals surface area contributed by atoms with Crippen LogP contribution >= 0.6 is 0 Å². The maximum atomic E-state index is 3.54. The number of rotatable bonds is 4. The van der Waals surface area contributed by atoms with E-state index in [2.05, 4.69) is 55.3 Å². The molecule has 0 aliphatic rings. The number of fused-ring (bicyclic) bond motifs is 1. The van der Waals surface area contributed by atoms with Crippen molar-refractivity contribution in [2.24, 2.45) is 5.92 Å². The second kappa shape index (κ2) is 4.60. The Morgan fingerprint density at radius 1 is 1.19 bits per heavy atom. The fourth-order valence-corrected chi connectivity index (χ4v) is 2.19. The molecule has 0 radical (unpaired) electrons. The number of hydrogen-bond donors (Lipinski definition) is 2. The molecule has 2 N–H and O–H groups in total. The van der Waals surface area contributed by atoms with Crippen molar-refractivity contribution in [3.8, 4) is 0 Å². The smallest absolute Gasteiger partial charge is 0.0455 e. The van der Waals surface area contributed by atoms with Crippen molar-refractivity contribution >= 4 is 16.6 Å². The molecule has 0 amide bonds. The molecule has 0 saturated carbocycles. The van der Waals surface area contributed by atoms with E-state index in [9.17, 15) is 0 Å². The number of nitrogens with one attached hydrogen (secondary N) is 2. The third-order valence-electron chi connectivity index (χ3n) is 2.79. The van der Waals surface area contributed by atoms with Gasteiger partial charge >= 0.3 is 0 Å². The lowest BCUT2D eigenvalue weighted by Crippen LogP contribution is -2.17. The van der Waals surface area contributed by atoms with E-state index in [-0.39, 0.29) is 0 Å². The highest BCUT2D eigenvalue weighted by Crippen LogP contribution is 2.19. The van der Waals surface area contributed by atoms with Gasteiger partial charge in [0.05, 0.1) is 0 Å². The molecule has 2 heteroatoms. The van der Waals surface area contributed by atoms with Gasteiger partial charge in [0.25, 0.3) is 0 Å². The lowest BCUT2D eigenvalue weighted by molar-refractivity contribution is 0.540. The summed E-state index contributed by atoms with van der Waals surface area (Å²) in [4.78, 5) is 3.20. The van der Waals surface area contributed by atoms with Crippen LogP contribution < -0.4 is 5.32 Å². The summed E-state index contributed by atoms with van der Waals surface area (Å²) in [6.45, 7) is 6.75. The Kier molecular flexibility index (Phi) is 3.18. The second-order valence-corrected chi connectivity index (χ2v) is 4.95. The zero-order valence-corrected chi connectivity index (χ0v) is 10.2. The Labute approximate surface area is 97.1 Å². The zero-order valence-electron chi connectivity index (χ0n) is 10.2. The zero-order chi connectivity index (χ0) is 11.5. The summed E-state index contributed by atoms with van der Waals surface area (Å²) < 4.78 is 0. The predicted octanol–water partition coefficient (Wildman–Crippen LogP) is 4.01. The molecule has 1 heterocycles. The minimum Gasteiger partial charge on any atom is -0.383 e. The SMILES string of the molecule is CC(C)CC(C)Nc1ccc2[nH]ccc2c1. The van der Waals surface area contributed by atoms with Crippen LogP contribution in [0.4, 0.5) is 5.69 Å². The van der Waals surface area contributed by atoms with E-state index in [0.29, 0.717) is 6.04 Å². The molecule has 16 heavy (non-hydrogen) atoms. The highest BCUT2D eigenvalue weighted by atomic mass is 14.9. The Morgan fingerprint density at radius 3 is 2.75 bits per heavy atom. The van der Waals surface area contributed by atoms with Crippen LogP contribution in [0.3, 0.4) is 0 Å². The first-order chi connectivity index (χ1) is 7.65. The van der Waals surface area contributed by atoms with Crippen molar-refractivity contribution in [3.05, 3.63) is 30.5 Å². The van der Waals surface area contributed by atoms with E-state index in [4.69, 9.17) is 0 Å². The van der Waals surface area contributed by atoms with Gasteiger partial charge in [0.1, 0.15) is 0 Å². The van der Waals surface area contributed by atoms with Gasteiger partial charge in [-0.2, -0.15) is 0 Å². The second-order valence-electron chi connectivity index (χ2n) is 4.95. The number of H-pyrrole nitrogens is 1. The first-order valence-corrected chi connectivity index (χ1v) is 5.99. The summed E-state index contributed by atoms with van der Waals surface area (Å²) in [6.07, 6.45) is 3.18. The molecule has 2 nitrogen and oxygen atoms in total. The molecular formula is C14H20N2. The van der Waals surface area contributed by atoms with Crippen LogP contribution in [0.15, 0.2) is 30.5 Å². The summed E-state index contributed by atoms with van der Waals surface area (Å²) in [5.41, 5.74) is 2.40. The molecule has 1 atom stereocenters. The van der Waals surface area contributed by atoms with Crippen LogP contribution in [-0.2, 0) is 0 Å². The topological polar surface area (TPSA) is 27.8 Å². The molecule has 0 saturated heterocycles. The van der Waals surface area contributed by atoms with E-state index in [1.165, 1.54) is 23.0 Å².